The SMILES string of the molecule is CCCn1c(SCC(=O)NC(CC)c2ccc(Cl)cc2)nc2cc(S(N)(=O)=O)ccc21. The normalized spacial score (nSPS) is 12.8. The Bertz CT molecular complexity index is 1180. The molecule has 1 unspecified atom stereocenters. The number of carbonyl (C=O) groups excluding carboxylic acids is 1. The molecule has 0 fully saturated rings. The smallest absolute Gasteiger partial charge is 0.238 e. The number of primary sulfonamides is 1. The summed E-state index contributed by atoms with van der Waals surface area (Å²) in [6.45, 7) is 4.76. The minimum atomic E-state index is -3.81. The monoisotopic (exact) mass is 480 g/mol. The highest BCUT2D eigenvalue weighted by Gasteiger charge is 2.17. The number of benzene rings is 2. The van der Waals surface area contributed by atoms with Gasteiger partial charge in [0.05, 0.1) is 27.7 Å². The zero-order chi connectivity index (χ0) is 22.6. The summed E-state index contributed by atoms with van der Waals surface area (Å²) in [6, 6.07) is 12.0. The average Bonchev–Trinajstić information content (AvgIpc) is 3.08. The van der Waals surface area contributed by atoms with Crippen molar-refractivity contribution < 1.29 is 13.2 Å². The summed E-state index contributed by atoms with van der Waals surface area (Å²) in [5.41, 5.74) is 2.35. The van der Waals surface area contributed by atoms with Gasteiger partial charge in [-0.3, -0.25) is 4.79 Å². The quantitative estimate of drug-likeness (QED) is 0.448. The Labute approximate surface area is 191 Å². The van der Waals surface area contributed by atoms with Gasteiger partial charge in [-0.05, 0) is 48.7 Å². The molecule has 2 aromatic carbocycles. The predicted molar refractivity (Wildman–Crippen MR) is 125 cm³/mol. The number of amides is 1. The number of sulfonamides is 1. The number of carbonyl (C=O) groups is 1. The van der Waals surface area contributed by atoms with E-state index in [-0.39, 0.29) is 22.6 Å². The van der Waals surface area contributed by atoms with Crippen molar-refractivity contribution in [2.24, 2.45) is 5.14 Å². The fourth-order valence-electron chi connectivity index (χ4n) is 3.30. The standard InChI is InChI=1S/C21H25ClN4O3S2/c1-3-11-26-19-10-9-16(31(23,28)29)12-18(19)25-21(26)30-13-20(27)24-17(4-2)14-5-7-15(22)8-6-14/h5-10,12,17H,3-4,11,13H2,1-2H3,(H,24,27)(H2,23,28,29). The number of hydrogen-bond acceptors (Lipinski definition) is 5. The zero-order valence-corrected chi connectivity index (χ0v) is 19.7. The number of nitrogens with zero attached hydrogens (tertiary/aromatic N) is 2. The minimum Gasteiger partial charge on any atom is -0.349 e. The average molecular weight is 481 g/mol. The van der Waals surface area contributed by atoms with Crippen molar-refractivity contribution in [3.63, 3.8) is 0 Å². The second kappa shape index (κ2) is 10.0. The first-order chi connectivity index (χ1) is 14.7. The molecule has 0 bridgehead atoms. The highest BCUT2D eigenvalue weighted by Crippen LogP contribution is 2.27. The molecule has 0 radical (unpaired) electrons. The summed E-state index contributed by atoms with van der Waals surface area (Å²) in [5, 5.41) is 9.61. The molecule has 10 heteroatoms. The van der Waals surface area contributed by atoms with E-state index < -0.39 is 10.0 Å². The van der Waals surface area contributed by atoms with Crippen LogP contribution in [0.25, 0.3) is 11.0 Å². The molecule has 1 aromatic heterocycles. The van der Waals surface area contributed by atoms with E-state index in [2.05, 4.69) is 10.3 Å². The van der Waals surface area contributed by atoms with Crippen molar-refractivity contribution in [1.82, 2.24) is 14.9 Å². The Kier molecular flexibility index (Phi) is 7.64. The third-order valence-corrected chi connectivity index (χ3v) is 6.95. The van der Waals surface area contributed by atoms with E-state index in [0.29, 0.717) is 22.2 Å². The molecule has 1 amide bonds. The number of nitrogens with two attached hydrogens (primary N) is 1. The molecule has 1 heterocycles. The summed E-state index contributed by atoms with van der Waals surface area (Å²) < 4.78 is 25.3. The maximum atomic E-state index is 12.6. The van der Waals surface area contributed by atoms with Gasteiger partial charge < -0.3 is 9.88 Å². The predicted octanol–water partition coefficient (Wildman–Crippen LogP) is 4.11. The van der Waals surface area contributed by atoms with E-state index in [1.54, 1.807) is 6.07 Å². The molecule has 0 aliphatic rings. The highest BCUT2D eigenvalue weighted by atomic mass is 35.5. The first-order valence-corrected chi connectivity index (χ1v) is 12.8. The van der Waals surface area contributed by atoms with E-state index in [4.69, 9.17) is 16.7 Å². The minimum absolute atomic E-state index is 0.0178. The number of rotatable bonds is 9. The molecule has 0 saturated carbocycles. The highest BCUT2D eigenvalue weighted by molar-refractivity contribution is 7.99. The van der Waals surface area contributed by atoms with Crippen LogP contribution in [0.2, 0.25) is 5.02 Å². The van der Waals surface area contributed by atoms with Crippen LogP contribution in [0.5, 0.6) is 0 Å². The van der Waals surface area contributed by atoms with E-state index in [0.717, 1.165) is 23.9 Å². The maximum Gasteiger partial charge on any atom is 0.238 e. The Hall–Kier alpha value is -2.07. The van der Waals surface area contributed by atoms with Crippen molar-refractivity contribution in [1.29, 1.82) is 0 Å². The van der Waals surface area contributed by atoms with Crippen molar-refractivity contribution in [2.75, 3.05) is 5.75 Å². The molecule has 3 rings (SSSR count). The van der Waals surface area contributed by atoms with Gasteiger partial charge in [0.2, 0.25) is 15.9 Å². The van der Waals surface area contributed by atoms with Gasteiger partial charge in [-0.1, -0.05) is 49.3 Å². The molecule has 0 aliphatic heterocycles. The Morgan fingerprint density at radius 3 is 2.55 bits per heavy atom. The van der Waals surface area contributed by atoms with Crippen molar-refractivity contribution in [3.8, 4) is 0 Å². The van der Waals surface area contributed by atoms with Crippen LogP contribution < -0.4 is 10.5 Å². The third-order valence-electron chi connectivity index (χ3n) is 4.81. The largest absolute Gasteiger partial charge is 0.349 e. The number of hydrogen-bond donors (Lipinski definition) is 2. The van der Waals surface area contributed by atoms with Gasteiger partial charge in [0.15, 0.2) is 5.16 Å². The van der Waals surface area contributed by atoms with Crippen molar-refractivity contribution in [2.45, 2.75) is 49.3 Å². The van der Waals surface area contributed by atoms with Crippen LogP contribution in [-0.2, 0) is 21.4 Å². The molecule has 3 aromatic rings. The van der Waals surface area contributed by atoms with Crippen LogP contribution in [0.3, 0.4) is 0 Å². The molecule has 1 atom stereocenters. The van der Waals surface area contributed by atoms with E-state index in [1.807, 2.05) is 42.7 Å². The third kappa shape index (κ3) is 5.79. The number of aryl methyl sites for hydroxylation is 1. The van der Waals surface area contributed by atoms with Gasteiger partial charge in [0.25, 0.3) is 0 Å². The van der Waals surface area contributed by atoms with E-state index in [9.17, 15) is 13.2 Å². The van der Waals surface area contributed by atoms with E-state index >= 15 is 0 Å². The molecule has 0 aliphatic carbocycles. The van der Waals surface area contributed by atoms with Crippen LogP contribution in [0.1, 0.15) is 38.3 Å². The van der Waals surface area contributed by atoms with Gasteiger partial charge in [0.1, 0.15) is 0 Å². The zero-order valence-electron chi connectivity index (χ0n) is 17.3. The summed E-state index contributed by atoms with van der Waals surface area (Å²) >= 11 is 7.27. The summed E-state index contributed by atoms with van der Waals surface area (Å²) in [4.78, 5) is 17.2. The topological polar surface area (TPSA) is 107 Å². The van der Waals surface area contributed by atoms with Crippen LogP contribution >= 0.6 is 23.4 Å². The maximum absolute atomic E-state index is 12.6. The van der Waals surface area contributed by atoms with Crippen LogP contribution in [0.4, 0.5) is 0 Å². The lowest BCUT2D eigenvalue weighted by molar-refractivity contribution is -0.119. The summed E-state index contributed by atoms with van der Waals surface area (Å²) in [7, 11) is -3.81. The number of imidazole rings is 1. The fraction of sp³-hybridized carbons (Fsp3) is 0.333. The first-order valence-electron chi connectivity index (χ1n) is 9.93. The molecule has 166 valence electrons. The van der Waals surface area contributed by atoms with Crippen LogP contribution in [0, 0.1) is 0 Å². The molecule has 0 spiro atoms. The lowest BCUT2D eigenvalue weighted by atomic mass is 10.0. The van der Waals surface area contributed by atoms with Gasteiger partial charge in [0, 0.05) is 11.6 Å². The second-order valence-corrected chi connectivity index (χ2v) is 10.1. The Balaban J connectivity index is 1.76. The Morgan fingerprint density at radius 1 is 1.23 bits per heavy atom. The molecule has 7 nitrogen and oxygen atoms in total. The molecule has 0 saturated heterocycles. The summed E-state index contributed by atoms with van der Waals surface area (Å²) in [5.74, 6) is 0.0891. The molecular weight excluding hydrogens is 456 g/mol. The van der Waals surface area contributed by atoms with Gasteiger partial charge in [-0.25, -0.2) is 18.5 Å². The van der Waals surface area contributed by atoms with Crippen LogP contribution in [-0.4, -0.2) is 29.6 Å². The van der Waals surface area contributed by atoms with Gasteiger partial charge in [-0.2, -0.15) is 0 Å². The van der Waals surface area contributed by atoms with Gasteiger partial charge >= 0.3 is 0 Å². The first kappa shape index (κ1) is 23.6. The number of nitrogens with one attached hydrogen (secondary N) is 1. The molecular formula is C21H25ClN4O3S2. The molecule has 3 N–H and O–H groups in total. The van der Waals surface area contributed by atoms with Gasteiger partial charge in [-0.15, -0.1) is 0 Å². The lowest BCUT2D eigenvalue weighted by Gasteiger charge is -2.17. The summed E-state index contributed by atoms with van der Waals surface area (Å²) in [6.07, 6.45) is 1.62. The Morgan fingerprint density at radius 2 is 1.94 bits per heavy atom. The lowest BCUT2D eigenvalue weighted by Crippen LogP contribution is -2.29. The molecule has 31 heavy (non-hydrogen) atoms. The number of halogens is 1. The van der Waals surface area contributed by atoms with E-state index in [1.165, 1.54) is 23.9 Å². The number of fused-ring (bicyclic) bond motifs is 1. The fourth-order valence-corrected chi connectivity index (χ4v) is 4.81. The van der Waals surface area contributed by atoms with Crippen molar-refractivity contribution >= 4 is 50.3 Å². The number of thioether (sulfide) groups is 1. The second-order valence-electron chi connectivity index (χ2n) is 7.11. The van der Waals surface area contributed by atoms with Crippen molar-refractivity contribution in [3.05, 3.63) is 53.1 Å². The van der Waals surface area contributed by atoms with Crippen LogP contribution in [0.15, 0.2) is 52.5 Å². The number of aromatic nitrogens is 2.